The van der Waals surface area contributed by atoms with E-state index in [9.17, 15) is 9.59 Å². The Bertz CT molecular complexity index is 590. The number of nitrogens with one attached hydrogen (secondary N) is 1. The van der Waals surface area contributed by atoms with Crippen molar-refractivity contribution in [3.8, 4) is 5.75 Å². The van der Waals surface area contributed by atoms with Gasteiger partial charge in [0, 0.05) is 17.7 Å². The van der Waals surface area contributed by atoms with Gasteiger partial charge in [0.2, 0.25) is 5.91 Å². The zero-order valence-corrected chi connectivity index (χ0v) is 14.1. The Morgan fingerprint density at radius 2 is 2.21 bits per heavy atom. The third-order valence-corrected chi connectivity index (χ3v) is 4.01. The lowest BCUT2D eigenvalue weighted by Crippen LogP contribution is -2.35. The number of carbonyl (C=O) groups is 2. The largest absolute Gasteiger partial charge is 0.491 e. The monoisotopic (exact) mass is 336 g/mol. The van der Waals surface area contributed by atoms with Crippen molar-refractivity contribution < 1.29 is 24.3 Å². The highest BCUT2D eigenvalue weighted by atomic mass is 16.5. The fraction of sp³-hybridized carbons (Fsp3) is 0.529. The van der Waals surface area contributed by atoms with Crippen molar-refractivity contribution in [2.75, 3.05) is 26.4 Å². The standard InChI is InChI=1S/C17H24N2O5/c1-3-8-23-9-6-16(20)19-7-10-24-15-11-13(17(21)18-22)4-5-14(15)12(19)2/h4-5,11-12,22H,3,6-10H2,1-2H3,(H,18,21). The van der Waals surface area contributed by atoms with Crippen LogP contribution in [-0.2, 0) is 9.53 Å². The van der Waals surface area contributed by atoms with Gasteiger partial charge in [-0.25, -0.2) is 5.48 Å². The summed E-state index contributed by atoms with van der Waals surface area (Å²) in [6.07, 6.45) is 1.27. The van der Waals surface area contributed by atoms with Gasteiger partial charge in [0.1, 0.15) is 12.4 Å². The molecular formula is C17H24N2O5. The quantitative estimate of drug-likeness (QED) is 0.471. The lowest BCUT2D eigenvalue weighted by Gasteiger charge is -2.27. The number of ether oxygens (including phenoxy) is 2. The average Bonchev–Trinajstić information content (AvgIpc) is 2.76. The van der Waals surface area contributed by atoms with Gasteiger partial charge in [0.05, 0.1) is 25.6 Å². The molecule has 0 saturated heterocycles. The summed E-state index contributed by atoms with van der Waals surface area (Å²) in [5.41, 5.74) is 2.74. The second kappa shape index (κ2) is 8.65. The molecule has 0 spiro atoms. The molecule has 0 fully saturated rings. The maximum atomic E-state index is 12.4. The molecule has 1 aliphatic heterocycles. The van der Waals surface area contributed by atoms with E-state index in [4.69, 9.17) is 14.7 Å². The number of hydroxylamine groups is 1. The number of hydrogen-bond acceptors (Lipinski definition) is 5. The molecule has 7 nitrogen and oxygen atoms in total. The van der Waals surface area contributed by atoms with E-state index in [0.29, 0.717) is 44.1 Å². The van der Waals surface area contributed by atoms with Crippen LogP contribution in [0.5, 0.6) is 5.75 Å². The normalized spacial score (nSPS) is 16.8. The zero-order valence-electron chi connectivity index (χ0n) is 14.1. The molecule has 1 atom stereocenters. The first-order chi connectivity index (χ1) is 11.6. The van der Waals surface area contributed by atoms with Crippen LogP contribution in [0, 0.1) is 0 Å². The average molecular weight is 336 g/mol. The molecule has 2 rings (SSSR count). The lowest BCUT2D eigenvalue weighted by molar-refractivity contribution is -0.134. The molecule has 7 heteroatoms. The second-order valence-corrected chi connectivity index (χ2v) is 5.67. The minimum Gasteiger partial charge on any atom is -0.491 e. The van der Waals surface area contributed by atoms with Crippen LogP contribution in [0.4, 0.5) is 0 Å². The van der Waals surface area contributed by atoms with Crippen LogP contribution in [0.1, 0.15) is 48.7 Å². The molecule has 1 aromatic carbocycles. The third kappa shape index (κ3) is 4.24. The highest BCUT2D eigenvalue weighted by molar-refractivity contribution is 5.93. The predicted octanol–water partition coefficient (Wildman–Crippen LogP) is 1.90. The number of hydrogen-bond donors (Lipinski definition) is 2. The molecule has 1 heterocycles. The van der Waals surface area contributed by atoms with Crippen molar-refractivity contribution >= 4 is 11.8 Å². The topological polar surface area (TPSA) is 88.1 Å². The van der Waals surface area contributed by atoms with Crippen molar-refractivity contribution in [3.05, 3.63) is 29.3 Å². The van der Waals surface area contributed by atoms with E-state index in [1.165, 1.54) is 0 Å². The molecule has 24 heavy (non-hydrogen) atoms. The van der Waals surface area contributed by atoms with Crippen molar-refractivity contribution in [1.29, 1.82) is 0 Å². The first-order valence-corrected chi connectivity index (χ1v) is 8.16. The Balaban J connectivity index is 2.11. The van der Waals surface area contributed by atoms with Crippen LogP contribution in [0.25, 0.3) is 0 Å². The van der Waals surface area contributed by atoms with Crippen LogP contribution < -0.4 is 10.2 Å². The van der Waals surface area contributed by atoms with Crippen molar-refractivity contribution in [3.63, 3.8) is 0 Å². The van der Waals surface area contributed by atoms with Gasteiger partial charge in [-0.15, -0.1) is 0 Å². The van der Waals surface area contributed by atoms with Crippen molar-refractivity contribution in [1.82, 2.24) is 10.4 Å². The third-order valence-electron chi connectivity index (χ3n) is 4.01. The Labute approximate surface area is 141 Å². The molecule has 1 unspecified atom stereocenters. The van der Waals surface area contributed by atoms with Crippen LogP contribution in [0.3, 0.4) is 0 Å². The molecular weight excluding hydrogens is 312 g/mol. The van der Waals surface area contributed by atoms with Crippen LogP contribution >= 0.6 is 0 Å². The fourth-order valence-electron chi connectivity index (χ4n) is 2.72. The molecule has 0 bridgehead atoms. The van der Waals surface area contributed by atoms with Gasteiger partial charge in [0.25, 0.3) is 5.91 Å². The van der Waals surface area contributed by atoms with Crippen LogP contribution in [0.15, 0.2) is 18.2 Å². The van der Waals surface area contributed by atoms with Gasteiger partial charge < -0.3 is 14.4 Å². The highest BCUT2D eigenvalue weighted by Crippen LogP contribution is 2.33. The molecule has 0 aromatic heterocycles. The number of nitrogens with zero attached hydrogens (tertiary/aromatic N) is 1. The molecule has 0 aliphatic carbocycles. The van der Waals surface area contributed by atoms with E-state index >= 15 is 0 Å². The van der Waals surface area contributed by atoms with Gasteiger partial charge in [-0.2, -0.15) is 0 Å². The molecule has 2 N–H and O–H groups in total. The minimum absolute atomic E-state index is 0.0206. The number of carbonyl (C=O) groups excluding carboxylic acids is 2. The maximum Gasteiger partial charge on any atom is 0.274 e. The molecule has 1 aromatic rings. The highest BCUT2D eigenvalue weighted by Gasteiger charge is 2.27. The van der Waals surface area contributed by atoms with Crippen molar-refractivity contribution in [2.24, 2.45) is 0 Å². The fourth-order valence-corrected chi connectivity index (χ4v) is 2.72. The van der Waals surface area contributed by atoms with Gasteiger partial charge >= 0.3 is 0 Å². The first kappa shape index (κ1) is 18.2. The first-order valence-electron chi connectivity index (χ1n) is 8.16. The lowest BCUT2D eigenvalue weighted by atomic mass is 10.0. The Morgan fingerprint density at radius 3 is 2.92 bits per heavy atom. The summed E-state index contributed by atoms with van der Waals surface area (Å²) in [6, 6.07) is 4.77. The number of rotatable bonds is 6. The predicted molar refractivity (Wildman–Crippen MR) is 87.0 cm³/mol. The summed E-state index contributed by atoms with van der Waals surface area (Å²) in [5, 5.41) is 8.73. The Kier molecular flexibility index (Phi) is 6.57. The summed E-state index contributed by atoms with van der Waals surface area (Å²) < 4.78 is 11.1. The summed E-state index contributed by atoms with van der Waals surface area (Å²) in [6.45, 7) is 5.86. The number of benzene rings is 1. The summed E-state index contributed by atoms with van der Waals surface area (Å²) in [4.78, 5) is 25.7. The zero-order chi connectivity index (χ0) is 17.5. The molecule has 0 saturated carbocycles. The number of amides is 2. The minimum atomic E-state index is -0.598. The van der Waals surface area contributed by atoms with E-state index < -0.39 is 5.91 Å². The summed E-state index contributed by atoms with van der Waals surface area (Å²) in [5.74, 6) is -0.0207. The van der Waals surface area contributed by atoms with E-state index in [0.717, 1.165) is 12.0 Å². The molecule has 0 radical (unpaired) electrons. The van der Waals surface area contributed by atoms with E-state index in [2.05, 4.69) is 0 Å². The Hall–Kier alpha value is -2.12. The second-order valence-electron chi connectivity index (χ2n) is 5.67. The summed E-state index contributed by atoms with van der Waals surface area (Å²) >= 11 is 0. The SMILES string of the molecule is CCCOCCC(=O)N1CCOc2cc(C(=O)NO)ccc2C1C. The maximum absolute atomic E-state index is 12.4. The van der Waals surface area contributed by atoms with E-state index in [-0.39, 0.29) is 11.9 Å². The van der Waals surface area contributed by atoms with Crippen LogP contribution in [-0.4, -0.2) is 48.3 Å². The summed E-state index contributed by atoms with van der Waals surface area (Å²) in [7, 11) is 0. The van der Waals surface area contributed by atoms with Gasteiger partial charge in [-0.05, 0) is 25.5 Å². The molecule has 2 amide bonds. The van der Waals surface area contributed by atoms with Crippen molar-refractivity contribution in [2.45, 2.75) is 32.7 Å². The van der Waals surface area contributed by atoms with Crippen LogP contribution in [0.2, 0.25) is 0 Å². The van der Waals surface area contributed by atoms with E-state index in [1.54, 1.807) is 28.6 Å². The number of fused-ring (bicyclic) bond motifs is 1. The molecule has 1 aliphatic rings. The van der Waals surface area contributed by atoms with Gasteiger partial charge in [-0.1, -0.05) is 13.0 Å². The van der Waals surface area contributed by atoms with Gasteiger partial charge in [0.15, 0.2) is 0 Å². The van der Waals surface area contributed by atoms with E-state index in [1.807, 2.05) is 13.8 Å². The smallest absolute Gasteiger partial charge is 0.274 e. The molecule has 132 valence electrons. The Morgan fingerprint density at radius 1 is 1.42 bits per heavy atom. The van der Waals surface area contributed by atoms with Gasteiger partial charge in [-0.3, -0.25) is 14.8 Å².